The second-order valence-corrected chi connectivity index (χ2v) is 4.60. The van der Waals surface area contributed by atoms with Crippen molar-refractivity contribution in [2.45, 2.75) is 0 Å². The molecule has 3 aromatic rings. The number of hydrogen-bond donors (Lipinski definition) is 2. The van der Waals surface area contributed by atoms with Gasteiger partial charge in [-0.15, -0.1) is 11.3 Å². The van der Waals surface area contributed by atoms with Crippen LogP contribution in [0.3, 0.4) is 0 Å². The molecule has 0 radical (unpaired) electrons. The number of imidazole rings is 1. The first-order chi connectivity index (χ1) is 8.66. The number of carbonyl (C=O) groups is 1. The number of thiophene rings is 1. The summed E-state index contributed by atoms with van der Waals surface area (Å²) in [5.41, 5.74) is 1.33. The number of pyridine rings is 1. The average Bonchev–Trinajstić information content (AvgIpc) is 2.92. The Bertz CT molecular complexity index is 747. The van der Waals surface area contributed by atoms with Crippen molar-refractivity contribution in [1.29, 1.82) is 0 Å². The molecule has 0 spiro atoms. The zero-order valence-electron chi connectivity index (χ0n) is 8.94. The number of aromatic hydroxyl groups is 1. The molecule has 0 aliphatic heterocycles. The molecule has 0 bridgehead atoms. The van der Waals surface area contributed by atoms with Crippen LogP contribution < -0.4 is 0 Å². The van der Waals surface area contributed by atoms with E-state index >= 15 is 0 Å². The van der Waals surface area contributed by atoms with E-state index in [1.54, 1.807) is 23.2 Å². The predicted molar refractivity (Wildman–Crippen MR) is 65.4 cm³/mol. The Morgan fingerprint density at radius 3 is 2.94 bits per heavy atom. The lowest BCUT2D eigenvalue weighted by molar-refractivity contribution is 0.0699. The van der Waals surface area contributed by atoms with Gasteiger partial charge in [0.1, 0.15) is 22.6 Å². The van der Waals surface area contributed by atoms with E-state index in [0.29, 0.717) is 16.2 Å². The molecule has 0 saturated carbocycles. The van der Waals surface area contributed by atoms with Gasteiger partial charge in [-0.05, 0) is 12.1 Å². The first-order valence-electron chi connectivity index (χ1n) is 5.01. The van der Waals surface area contributed by atoms with E-state index in [-0.39, 0.29) is 10.6 Å². The van der Waals surface area contributed by atoms with Gasteiger partial charge in [-0.25, -0.2) is 14.8 Å². The summed E-state index contributed by atoms with van der Waals surface area (Å²) in [6.07, 6.45) is 3.18. The molecule has 2 N–H and O–H groups in total. The minimum absolute atomic E-state index is 0.0946. The van der Waals surface area contributed by atoms with Crippen LogP contribution in [-0.2, 0) is 0 Å². The van der Waals surface area contributed by atoms with E-state index in [2.05, 4.69) is 9.97 Å². The van der Waals surface area contributed by atoms with Crippen LogP contribution in [0.25, 0.3) is 16.2 Å². The number of carboxylic acids is 1. The van der Waals surface area contributed by atoms with Crippen molar-refractivity contribution >= 4 is 28.5 Å². The standard InChI is InChI=1S/C11H7N3O3S/c15-7-4-8(18-9(7)11(16)17)14-5-13-6-2-1-3-12-10(6)14/h1-5,15H,(H,16,17). The lowest BCUT2D eigenvalue weighted by atomic mass is 10.4. The van der Waals surface area contributed by atoms with Gasteiger partial charge >= 0.3 is 5.97 Å². The molecular weight excluding hydrogens is 254 g/mol. The molecule has 3 rings (SSSR count). The molecule has 90 valence electrons. The van der Waals surface area contributed by atoms with E-state index < -0.39 is 5.97 Å². The fourth-order valence-electron chi connectivity index (χ4n) is 1.65. The van der Waals surface area contributed by atoms with Gasteiger partial charge in [0.2, 0.25) is 0 Å². The van der Waals surface area contributed by atoms with E-state index in [1.807, 2.05) is 6.07 Å². The molecule has 0 aromatic carbocycles. The second kappa shape index (κ2) is 3.81. The Balaban J connectivity index is 2.20. The largest absolute Gasteiger partial charge is 0.506 e. The molecule has 3 heterocycles. The van der Waals surface area contributed by atoms with Crippen molar-refractivity contribution in [1.82, 2.24) is 14.5 Å². The number of aromatic carboxylic acids is 1. The quantitative estimate of drug-likeness (QED) is 0.735. The third-order valence-corrected chi connectivity index (χ3v) is 3.55. The Hall–Kier alpha value is -2.41. The van der Waals surface area contributed by atoms with Crippen LogP contribution in [0.15, 0.2) is 30.7 Å². The van der Waals surface area contributed by atoms with E-state index in [0.717, 1.165) is 11.3 Å². The van der Waals surface area contributed by atoms with E-state index in [1.165, 1.54) is 6.07 Å². The monoisotopic (exact) mass is 261 g/mol. The van der Waals surface area contributed by atoms with Crippen molar-refractivity contribution in [3.8, 4) is 10.8 Å². The lowest BCUT2D eigenvalue weighted by Gasteiger charge is -1.97. The fraction of sp³-hybridized carbons (Fsp3) is 0. The topological polar surface area (TPSA) is 88.2 Å². The van der Waals surface area contributed by atoms with Crippen molar-refractivity contribution in [3.05, 3.63) is 35.6 Å². The maximum atomic E-state index is 10.9. The zero-order valence-corrected chi connectivity index (χ0v) is 9.76. The summed E-state index contributed by atoms with van der Waals surface area (Å²) in [5, 5.41) is 19.0. The highest BCUT2D eigenvalue weighted by atomic mass is 32.1. The first-order valence-corrected chi connectivity index (χ1v) is 5.83. The number of carboxylic acid groups (broad SMARTS) is 1. The first kappa shape index (κ1) is 10.7. The molecule has 7 heteroatoms. The average molecular weight is 261 g/mol. The smallest absolute Gasteiger partial charge is 0.349 e. The van der Waals surface area contributed by atoms with Crippen LogP contribution in [0.5, 0.6) is 5.75 Å². The highest BCUT2D eigenvalue weighted by Crippen LogP contribution is 2.32. The lowest BCUT2D eigenvalue weighted by Crippen LogP contribution is -1.91. The van der Waals surface area contributed by atoms with Gasteiger partial charge in [-0.2, -0.15) is 0 Å². The third kappa shape index (κ3) is 1.52. The van der Waals surface area contributed by atoms with Crippen LogP contribution in [-0.4, -0.2) is 30.7 Å². The van der Waals surface area contributed by atoms with Gasteiger partial charge in [0, 0.05) is 12.3 Å². The van der Waals surface area contributed by atoms with Gasteiger partial charge in [0.25, 0.3) is 0 Å². The summed E-state index contributed by atoms with van der Waals surface area (Å²) in [4.78, 5) is 19.1. The summed E-state index contributed by atoms with van der Waals surface area (Å²) in [6.45, 7) is 0. The van der Waals surface area contributed by atoms with Gasteiger partial charge in [-0.1, -0.05) is 0 Å². The van der Waals surface area contributed by atoms with Gasteiger partial charge in [0.15, 0.2) is 10.5 Å². The third-order valence-electron chi connectivity index (χ3n) is 2.44. The van der Waals surface area contributed by atoms with Gasteiger partial charge in [0.05, 0.1) is 0 Å². The summed E-state index contributed by atoms with van der Waals surface area (Å²) in [7, 11) is 0. The number of fused-ring (bicyclic) bond motifs is 1. The van der Waals surface area contributed by atoms with Crippen LogP contribution in [0, 0.1) is 0 Å². The summed E-state index contributed by atoms with van der Waals surface area (Å²) >= 11 is 0.974. The van der Waals surface area contributed by atoms with Crippen molar-refractivity contribution in [2.24, 2.45) is 0 Å². The summed E-state index contributed by atoms with van der Waals surface area (Å²) in [5.74, 6) is -1.40. The zero-order chi connectivity index (χ0) is 12.7. The molecule has 0 aliphatic rings. The van der Waals surface area contributed by atoms with Crippen LogP contribution in [0.1, 0.15) is 9.67 Å². The Morgan fingerprint density at radius 2 is 2.22 bits per heavy atom. The van der Waals surface area contributed by atoms with Crippen molar-refractivity contribution < 1.29 is 15.0 Å². The van der Waals surface area contributed by atoms with Gasteiger partial charge < -0.3 is 10.2 Å². The molecule has 0 fully saturated rings. The molecule has 6 nitrogen and oxygen atoms in total. The molecule has 18 heavy (non-hydrogen) atoms. The number of hydrogen-bond acceptors (Lipinski definition) is 5. The summed E-state index contributed by atoms with van der Waals surface area (Å²) < 4.78 is 1.64. The number of nitrogens with zero attached hydrogens (tertiary/aromatic N) is 3. The maximum Gasteiger partial charge on any atom is 0.349 e. The van der Waals surface area contributed by atoms with E-state index in [9.17, 15) is 9.90 Å². The minimum Gasteiger partial charge on any atom is -0.506 e. The Kier molecular flexibility index (Phi) is 2.27. The molecular formula is C11H7N3O3S. The van der Waals surface area contributed by atoms with Crippen LogP contribution >= 0.6 is 11.3 Å². The van der Waals surface area contributed by atoms with E-state index in [4.69, 9.17) is 5.11 Å². The van der Waals surface area contributed by atoms with Crippen molar-refractivity contribution in [3.63, 3.8) is 0 Å². The normalized spacial score (nSPS) is 10.9. The van der Waals surface area contributed by atoms with Crippen LogP contribution in [0.4, 0.5) is 0 Å². The van der Waals surface area contributed by atoms with Crippen LogP contribution in [0.2, 0.25) is 0 Å². The molecule has 0 aliphatic carbocycles. The molecule has 0 atom stereocenters. The number of aromatic nitrogens is 3. The highest BCUT2D eigenvalue weighted by molar-refractivity contribution is 7.16. The maximum absolute atomic E-state index is 10.9. The summed E-state index contributed by atoms with van der Waals surface area (Å²) in [6, 6.07) is 4.97. The molecule has 0 unspecified atom stereocenters. The number of rotatable bonds is 2. The highest BCUT2D eigenvalue weighted by Gasteiger charge is 2.17. The Morgan fingerprint density at radius 1 is 1.39 bits per heavy atom. The van der Waals surface area contributed by atoms with Gasteiger partial charge in [-0.3, -0.25) is 4.57 Å². The molecule has 0 saturated heterocycles. The van der Waals surface area contributed by atoms with Crippen molar-refractivity contribution in [2.75, 3.05) is 0 Å². The second-order valence-electron chi connectivity index (χ2n) is 3.56. The predicted octanol–water partition coefficient (Wildman–Crippen LogP) is 1.89. The molecule has 0 amide bonds. The SMILES string of the molecule is O=C(O)c1sc(-n2cnc3cccnc32)cc1O. The fourth-order valence-corrected chi connectivity index (χ4v) is 2.51. The Labute approximate surface area is 105 Å². The molecule has 3 aromatic heterocycles. The minimum atomic E-state index is -1.15.